The van der Waals surface area contributed by atoms with Crippen LogP contribution in [0.25, 0.3) is 0 Å². The minimum absolute atomic E-state index is 0.142. The lowest BCUT2D eigenvalue weighted by Gasteiger charge is -2.37. The molecule has 76 valence electrons. The number of rotatable bonds is 0. The molecule has 0 N–H and O–H groups in total. The number of fused-ring (bicyclic) bond motifs is 1. The van der Waals surface area contributed by atoms with Crippen LogP contribution < -0.4 is 4.74 Å². The molecule has 1 aliphatic heterocycles. The Morgan fingerprint density at radius 2 is 1.86 bits per heavy atom. The van der Waals surface area contributed by atoms with Crippen molar-refractivity contribution < 1.29 is 4.74 Å². The van der Waals surface area contributed by atoms with Crippen LogP contribution in [0.15, 0.2) is 24.3 Å². The third-order valence-corrected chi connectivity index (χ3v) is 3.65. The van der Waals surface area contributed by atoms with Gasteiger partial charge in [0.25, 0.3) is 0 Å². The zero-order valence-electron chi connectivity index (χ0n) is 9.42. The number of para-hydroxylation sites is 1. The highest BCUT2D eigenvalue weighted by Gasteiger charge is 2.45. The fourth-order valence-corrected chi connectivity index (χ4v) is 1.97. The number of benzene rings is 1. The average molecular weight is 190 g/mol. The lowest BCUT2D eigenvalue weighted by Crippen LogP contribution is -2.38. The van der Waals surface area contributed by atoms with E-state index in [-0.39, 0.29) is 10.8 Å². The van der Waals surface area contributed by atoms with Gasteiger partial charge in [-0.2, -0.15) is 0 Å². The molecule has 1 aromatic rings. The van der Waals surface area contributed by atoms with Crippen LogP contribution in [0.1, 0.15) is 33.3 Å². The Morgan fingerprint density at radius 1 is 1.21 bits per heavy atom. The van der Waals surface area contributed by atoms with Crippen molar-refractivity contribution in [2.24, 2.45) is 5.41 Å². The summed E-state index contributed by atoms with van der Waals surface area (Å²) in [6.45, 7) is 9.92. The van der Waals surface area contributed by atoms with Crippen molar-refractivity contribution in [2.75, 3.05) is 6.61 Å². The fraction of sp³-hybridized carbons (Fsp3) is 0.538. The van der Waals surface area contributed by atoms with Crippen LogP contribution in [0.4, 0.5) is 0 Å². The lowest BCUT2D eigenvalue weighted by atomic mass is 9.65. The molecule has 1 atom stereocenters. The Morgan fingerprint density at radius 3 is 2.50 bits per heavy atom. The van der Waals surface area contributed by atoms with Crippen LogP contribution in [-0.4, -0.2) is 6.61 Å². The summed E-state index contributed by atoms with van der Waals surface area (Å²) in [5.74, 6) is 1.06. The predicted octanol–water partition coefficient (Wildman–Crippen LogP) is 3.38. The second-order valence-electron chi connectivity index (χ2n) is 5.37. The summed E-state index contributed by atoms with van der Waals surface area (Å²) >= 11 is 0. The van der Waals surface area contributed by atoms with E-state index in [1.807, 2.05) is 6.07 Å². The summed E-state index contributed by atoms with van der Waals surface area (Å²) < 4.78 is 5.74. The normalized spacial score (nSPS) is 25.7. The standard InChI is InChI=1S/C13H18O/c1-12(2,3)13(4)9-14-11-8-6-5-7-10(11)13/h5-8H,9H2,1-4H3. The Bertz CT molecular complexity index is 348. The van der Waals surface area contributed by atoms with Crippen LogP contribution in [0.2, 0.25) is 0 Å². The molecular weight excluding hydrogens is 172 g/mol. The number of ether oxygens (including phenoxy) is 1. The van der Waals surface area contributed by atoms with Crippen LogP contribution in [0.3, 0.4) is 0 Å². The van der Waals surface area contributed by atoms with Gasteiger partial charge in [0.05, 0.1) is 6.61 Å². The van der Waals surface area contributed by atoms with Crippen LogP contribution in [0.5, 0.6) is 5.75 Å². The van der Waals surface area contributed by atoms with Crippen molar-refractivity contribution in [3.63, 3.8) is 0 Å². The van der Waals surface area contributed by atoms with Gasteiger partial charge < -0.3 is 4.74 Å². The van der Waals surface area contributed by atoms with Gasteiger partial charge in [-0.05, 0) is 11.5 Å². The molecule has 0 spiro atoms. The molecule has 1 aliphatic rings. The van der Waals surface area contributed by atoms with Crippen molar-refractivity contribution in [1.82, 2.24) is 0 Å². The first-order valence-corrected chi connectivity index (χ1v) is 5.17. The molecule has 1 heteroatoms. The second-order valence-corrected chi connectivity index (χ2v) is 5.37. The maximum Gasteiger partial charge on any atom is 0.123 e. The Hall–Kier alpha value is -0.980. The summed E-state index contributed by atoms with van der Waals surface area (Å²) in [6.07, 6.45) is 0. The van der Waals surface area contributed by atoms with Gasteiger partial charge in [0, 0.05) is 11.0 Å². The highest BCUT2D eigenvalue weighted by atomic mass is 16.5. The molecule has 1 heterocycles. The van der Waals surface area contributed by atoms with Gasteiger partial charge in [0.15, 0.2) is 0 Å². The second kappa shape index (κ2) is 2.75. The Labute approximate surface area is 86.1 Å². The molecule has 1 aromatic carbocycles. The van der Waals surface area contributed by atoms with Gasteiger partial charge in [-0.1, -0.05) is 45.9 Å². The van der Waals surface area contributed by atoms with E-state index in [4.69, 9.17) is 4.74 Å². The molecule has 0 fully saturated rings. The topological polar surface area (TPSA) is 9.23 Å². The number of hydrogen-bond donors (Lipinski definition) is 0. The van der Waals surface area contributed by atoms with E-state index in [2.05, 4.69) is 45.9 Å². The average Bonchev–Trinajstić information content (AvgIpc) is 2.45. The van der Waals surface area contributed by atoms with Crippen LogP contribution in [0, 0.1) is 5.41 Å². The van der Waals surface area contributed by atoms with Gasteiger partial charge in [0.2, 0.25) is 0 Å². The predicted molar refractivity (Wildman–Crippen MR) is 58.7 cm³/mol. The first-order chi connectivity index (χ1) is 6.45. The van der Waals surface area contributed by atoms with E-state index in [0.717, 1.165) is 12.4 Å². The zero-order valence-corrected chi connectivity index (χ0v) is 9.42. The highest BCUT2D eigenvalue weighted by Crippen LogP contribution is 2.48. The summed E-state index contributed by atoms with van der Waals surface area (Å²) in [5.41, 5.74) is 1.73. The van der Waals surface area contributed by atoms with Crippen molar-refractivity contribution >= 4 is 0 Å². The minimum Gasteiger partial charge on any atom is -0.492 e. The molecule has 0 aliphatic carbocycles. The molecule has 0 aromatic heterocycles. The monoisotopic (exact) mass is 190 g/mol. The molecule has 14 heavy (non-hydrogen) atoms. The first-order valence-electron chi connectivity index (χ1n) is 5.17. The molecule has 0 amide bonds. The molecule has 0 radical (unpaired) electrons. The van der Waals surface area contributed by atoms with Gasteiger partial charge in [0.1, 0.15) is 5.75 Å². The van der Waals surface area contributed by atoms with Gasteiger partial charge in [-0.15, -0.1) is 0 Å². The molecular formula is C13H18O. The van der Waals surface area contributed by atoms with E-state index >= 15 is 0 Å². The molecule has 1 unspecified atom stereocenters. The molecule has 0 bridgehead atoms. The first kappa shape index (κ1) is 9.57. The molecule has 0 saturated carbocycles. The zero-order chi connectivity index (χ0) is 10.4. The van der Waals surface area contributed by atoms with Crippen LogP contribution in [-0.2, 0) is 5.41 Å². The molecule has 0 saturated heterocycles. The SMILES string of the molecule is CC(C)(C)C1(C)COc2ccccc21. The highest BCUT2D eigenvalue weighted by molar-refractivity contribution is 5.44. The van der Waals surface area contributed by atoms with E-state index in [9.17, 15) is 0 Å². The van der Waals surface area contributed by atoms with Crippen molar-refractivity contribution in [1.29, 1.82) is 0 Å². The maximum absolute atomic E-state index is 5.74. The van der Waals surface area contributed by atoms with Crippen molar-refractivity contribution in [2.45, 2.75) is 33.1 Å². The Balaban J connectivity index is 2.53. The quantitative estimate of drug-likeness (QED) is 0.609. The smallest absolute Gasteiger partial charge is 0.123 e. The van der Waals surface area contributed by atoms with Gasteiger partial charge >= 0.3 is 0 Å². The van der Waals surface area contributed by atoms with Gasteiger partial charge in [-0.25, -0.2) is 0 Å². The fourth-order valence-electron chi connectivity index (χ4n) is 1.97. The molecule has 2 rings (SSSR count). The van der Waals surface area contributed by atoms with E-state index in [0.29, 0.717) is 0 Å². The minimum atomic E-state index is 0.142. The van der Waals surface area contributed by atoms with E-state index in [1.165, 1.54) is 5.56 Å². The third-order valence-electron chi connectivity index (χ3n) is 3.65. The third kappa shape index (κ3) is 1.15. The summed E-state index contributed by atoms with van der Waals surface area (Å²) in [4.78, 5) is 0. The lowest BCUT2D eigenvalue weighted by molar-refractivity contribution is 0.155. The molecule has 1 nitrogen and oxygen atoms in total. The largest absolute Gasteiger partial charge is 0.492 e. The van der Waals surface area contributed by atoms with E-state index in [1.54, 1.807) is 0 Å². The van der Waals surface area contributed by atoms with Crippen LogP contribution >= 0.6 is 0 Å². The van der Waals surface area contributed by atoms with Gasteiger partial charge in [-0.3, -0.25) is 0 Å². The van der Waals surface area contributed by atoms with Crippen molar-refractivity contribution in [3.8, 4) is 5.75 Å². The Kier molecular flexibility index (Phi) is 1.88. The number of hydrogen-bond acceptors (Lipinski definition) is 1. The summed E-state index contributed by atoms with van der Waals surface area (Å²) in [6, 6.07) is 8.38. The van der Waals surface area contributed by atoms with E-state index < -0.39 is 0 Å². The summed E-state index contributed by atoms with van der Waals surface area (Å²) in [7, 11) is 0. The summed E-state index contributed by atoms with van der Waals surface area (Å²) in [5, 5.41) is 0. The van der Waals surface area contributed by atoms with Crippen molar-refractivity contribution in [3.05, 3.63) is 29.8 Å². The maximum atomic E-state index is 5.74.